The highest BCUT2D eigenvalue weighted by Crippen LogP contribution is 2.30. The van der Waals surface area contributed by atoms with E-state index >= 15 is 0 Å². The zero-order valence-corrected chi connectivity index (χ0v) is 44.7. The summed E-state index contributed by atoms with van der Waals surface area (Å²) in [5.41, 5.74) is 0. The molecule has 2 rings (SSSR count). The van der Waals surface area contributed by atoms with Crippen molar-refractivity contribution in [2.24, 2.45) is 0 Å². The van der Waals surface area contributed by atoms with Crippen molar-refractivity contribution in [2.45, 2.75) is 312 Å². The van der Waals surface area contributed by atoms with Crippen LogP contribution in [0.1, 0.15) is 239 Å². The smallest absolute Gasteiger partial charge is 0.220 e. The number of ether oxygens (including phenoxy) is 4. The molecule has 2 heterocycles. The fraction of sp³-hybridized carbons (Fsp3) is 0.912. The fourth-order valence-electron chi connectivity index (χ4n) is 9.63. The summed E-state index contributed by atoms with van der Waals surface area (Å²) in [6.45, 7) is 2.76. The third kappa shape index (κ3) is 30.0. The maximum atomic E-state index is 13.2. The van der Waals surface area contributed by atoms with Gasteiger partial charge in [0, 0.05) is 6.42 Å². The van der Waals surface area contributed by atoms with Gasteiger partial charge in [-0.1, -0.05) is 218 Å². The Hall–Kier alpha value is -1.53. The third-order valence-electron chi connectivity index (χ3n) is 14.4. The quantitative estimate of drug-likeness (QED) is 0.0205. The molecule has 0 radical (unpaired) electrons. The van der Waals surface area contributed by atoms with Crippen LogP contribution in [0.3, 0.4) is 0 Å². The van der Waals surface area contributed by atoms with Crippen LogP contribution in [-0.2, 0) is 23.7 Å². The van der Waals surface area contributed by atoms with Crippen LogP contribution in [0.25, 0.3) is 0 Å². The second-order valence-corrected chi connectivity index (χ2v) is 20.8. The van der Waals surface area contributed by atoms with Gasteiger partial charge in [-0.3, -0.25) is 4.79 Å². The number of aliphatic hydroxyl groups is 8. The molecule has 2 aliphatic rings. The van der Waals surface area contributed by atoms with E-state index in [-0.39, 0.29) is 18.9 Å². The Balaban J connectivity index is 1.72. The molecular weight excluding hydrogens is 907 g/mol. The van der Waals surface area contributed by atoms with Crippen molar-refractivity contribution in [1.82, 2.24) is 5.32 Å². The van der Waals surface area contributed by atoms with Gasteiger partial charge in [-0.05, 0) is 38.5 Å². The van der Waals surface area contributed by atoms with Crippen molar-refractivity contribution in [3.63, 3.8) is 0 Å². The predicted molar refractivity (Wildman–Crippen MR) is 282 cm³/mol. The third-order valence-corrected chi connectivity index (χ3v) is 14.4. The van der Waals surface area contributed by atoms with Gasteiger partial charge >= 0.3 is 0 Å². The summed E-state index contributed by atoms with van der Waals surface area (Å²) in [5, 5.41) is 86.9. The molecule has 2 aliphatic heterocycles. The average molecular weight is 1010 g/mol. The maximum absolute atomic E-state index is 13.2. The molecule has 9 N–H and O–H groups in total. The second kappa shape index (κ2) is 43.7. The zero-order chi connectivity index (χ0) is 51.7. The first-order chi connectivity index (χ1) is 34.6. The van der Waals surface area contributed by atoms with Crippen LogP contribution in [0.5, 0.6) is 0 Å². The van der Waals surface area contributed by atoms with Crippen LogP contribution in [0.4, 0.5) is 0 Å². The van der Waals surface area contributed by atoms with Gasteiger partial charge in [0.15, 0.2) is 12.6 Å². The van der Waals surface area contributed by atoms with E-state index in [9.17, 15) is 45.6 Å². The first kappa shape index (κ1) is 65.6. The maximum Gasteiger partial charge on any atom is 0.220 e. The largest absolute Gasteiger partial charge is 0.394 e. The van der Waals surface area contributed by atoms with E-state index in [1.807, 2.05) is 6.08 Å². The first-order valence-corrected chi connectivity index (χ1v) is 29.1. The van der Waals surface area contributed by atoms with Crippen molar-refractivity contribution < 1.29 is 64.6 Å². The monoisotopic (exact) mass is 1010 g/mol. The molecule has 14 heteroatoms. The first-order valence-electron chi connectivity index (χ1n) is 29.1. The van der Waals surface area contributed by atoms with Crippen LogP contribution in [0, 0.1) is 0 Å². The van der Waals surface area contributed by atoms with Gasteiger partial charge in [0.05, 0.1) is 32.0 Å². The minimum Gasteiger partial charge on any atom is -0.394 e. The van der Waals surface area contributed by atoms with Gasteiger partial charge in [-0.25, -0.2) is 0 Å². The van der Waals surface area contributed by atoms with Crippen molar-refractivity contribution in [2.75, 3.05) is 19.8 Å². The normalized spacial score (nSPS) is 25.9. The summed E-state index contributed by atoms with van der Waals surface area (Å²) in [7, 11) is 0. The number of aliphatic hydroxyl groups excluding tert-OH is 8. The minimum absolute atomic E-state index is 0.249. The number of allylic oxidation sites excluding steroid dienone is 3. The minimum atomic E-state index is -1.79. The summed E-state index contributed by atoms with van der Waals surface area (Å²) in [6.07, 6.45) is 33.8. The van der Waals surface area contributed by atoms with E-state index in [0.717, 1.165) is 57.8 Å². The van der Waals surface area contributed by atoms with Gasteiger partial charge < -0.3 is 65.1 Å². The highest BCUT2D eigenvalue weighted by atomic mass is 16.7. The van der Waals surface area contributed by atoms with Crippen molar-refractivity contribution in [1.29, 1.82) is 0 Å². The summed E-state index contributed by atoms with van der Waals surface area (Å²) < 4.78 is 22.7. The molecule has 0 aromatic carbocycles. The lowest BCUT2D eigenvalue weighted by Gasteiger charge is -2.46. The molecule has 418 valence electrons. The number of carbonyl (C=O) groups excluding carboxylic acids is 1. The lowest BCUT2D eigenvalue weighted by atomic mass is 9.97. The molecule has 0 aliphatic carbocycles. The molecule has 71 heavy (non-hydrogen) atoms. The number of hydrogen-bond acceptors (Lipinski definition) is 13. The molecule has 0 bridgehead atoms. The van der Waals surface area contributed by atoms with Crippen LogP contribution < -0.4 is 5.32 Å². The number of carbonyl (C=O) groups is 1. The Morgan fingerprint density at radius 2 is 0.901 bits per heavy atom. The standard InChI is InChI=1S/C57H107NO13/c1-3-5-7-9-11-13-15-16-17-18-19-20-21-22-23-24-25-26-27-28-29-31-32-34-36-38-40-46(61)45(58-49(62)41-39-37-35-33-30-14-12-10-8-6-4-2)44-68-56-54(67)52(65)55(48(43-60)70-56)71-57-53(66)51(64)50(63)47(42-59)69-57/h10,12,38,40,45-48,50-57,59-61,63-67H,3-9,11,13-37,39,41-44H2,1-2H3,(H,58,62)/b12-10-,40-38+. The number of hydrogen-bond donors (Lipinski definition) is 9. The van der Waals surface area contributed by atoms with Crippen molar-refractivity contribution in [3.05, 3.63) is 24.3 Å². The number of unbranched alkanes of at least 4 members (excludes halogenated alkanes) is 31. The highest BCUT2D eigenvalue weighted by molar-refractivity contribution is 5.76. The zero-order valence-electron chi connectivity index (χ0n) is 44.7. The summed E-state index contributed by atoms with van der Waals surface area (Å²) in [6, 6.07) is -0.916. The molecular formula is C57H107NO13. The van der Waals surface area contributed by atoms with Gasteiger partial charge in [0.1, 0.15) is 48.8 Å². The molecule has 2 saturated heterocycles. The molecule has 2 fully saturated rings. The van der Waals surface area contributed by atoms with E-state index in [4.69, 9.17) is 18.9 Å². The van der Waals surface area contributed by atoms with Crippen molar-refractivity contribution >= 4 is 5.91 Å². The SMILES string of the molecule is CCCC/C=C\CCCCCCCC(=O)NC(COC1OC(CO)C(OC2OC(CO)C(O)C(O)C2O)C(O)C1O)C(O)/C=C/CCCCCCCCCCCCCCCCCCCCCCCCCC. The van der Waals surface area contributed by atoms with Gasteiger partial charge in [-0.15, -0.1) is 0 Å². The molecule has 0 spiro atoms. The molecule has 0 aromatic rings. The Morgan fingerprint density at radius 3 is 1.38 bits per heavy atom. The Morgan fingerprint density at radius 1 is 0.493 bits per heavy atom. The van der Waals surface area contributed by atoms with Crippen LogP contribution in [0.15, 0.2) is 24.3 Å². The van der Waals surface area contributed by atoms with E-state index in [2.05, 4.69) is 31.3 Å². The molecule has 1 amide bonds. The van der Waals surface area contributed by atoms with Crippen LogP contribution in [0.2, 0.25) is 0 Å². The van der Waals surface area contributed by atoms with E-state index in [1.54, 1.807) is 6.08 Å². The average Bonchev–Trinajstić information content (AvgIpc) is 3.37. The fourth-order valence-corrected chi connectivity index (χ4v) is 9.63. The van der Waals surface area contributed by atoms with E-state index in [0.29, 0.717) is 6.42 Å². The highest BCUT2D eigenvalue weighted by Gasteiger charge is 2.51. The van der Waals surface area contributed by atoms with E-state index < -0.39 is 86.8 Å². The lowest BCUT2D eigenvalue weighted by Crippen LogP contribution is -2.65. The molecule has 12 atom stereocenters. The predicted octanol–water partition coefficient (Wildman–Crippen LogP) is 9.28. The van der Waals surface area contributed by atoms with E-state index in [1.165, 1.54) is 154 Å². The van der Waals surface area contributed by atoms with Gasteiger partial charge in [0.25, 0.3) is 0 Å². The van der Waals surface area contributed by atoms with Crippen LogP contribution in [-0.4, -0.2) is 140 Å². The lowest BCUT2D eigenvalue weighted by molar-refractivity contribution is -0.359. The molecule has 0 saturated carbocycles. The Kier molecular flexibility index (Phi) is 40.4. The summed E-state index contributed by atoms with van der Waals surface area (Å²) in [4.78, 5) is 13.2. The second-order valence-electron chi connectivity index (χ2n) is 20.8. The van der Waals surface area contributed by atoms with Gasteiger partial charge in [0.2, 0.25) is 5.91 Å². The molecule has 14 nitrogen and oxygen atoms in total. The number of rotatable bonds is 46. The Labute approximate surface area is 430 Å². The van der Waals surface area contributed by atoms with Gasteiger partial charge in [-0.2, -0.15) is 0 Å². The van der Waals surface area contributed by atoms with Crippen molar-refractivity contribution in [3.8, 4) is 0 Å². The summed E-state index contributed by atoms with van der Waals surface area (Å²) in [5.74, 6) is -0.249. The molecule has 0 aromatic heterocycles. The number of nitrogens with one attached hydrogen (secondary N) is 1. The summed E-state index contributed by atoms with van der Waals surface area (Å²) >= 11 is 0. The topological polar surface area (TPSA) is 228 Å². The molecule has 12 unspecified atom stereocenters. The Bertz CT molecular complexity index is 1290. The van der Waals surface area contributed by atoms with Crippen LogP contribution >= 0.6 is 0 Å². The number of amides is 1.